The van der Waals surface area contributed by atoms with Crippen LogP contribution in [0.15, 0.2) is 48.5 Å². The Hall–Kier alpha value is -2.95. The number of anilines is 1. The predicted molar refractivity (Wildman–Crippen MR) is 121 cm³/mol. The number of amides is 2. The first-order valence-corrected chi connectivity index (χ1v) is 11.3. The van der Waals surface area contributed by atoms with Gasteiger partial charge in [0.1, 0.15) is 5.78 Å². The molecule has 1 aliphatic carbocycles. The topological polar surface area (TPSA) is 66.5 Å². The van der Waals surface area contributed by atoms with Gasteiger partial charge in [-0.25, -0.2) is 0 Å². The van der Waals surface area contributed by atoms with Crippen LogP contribution in [0.25, 0.3) is 0 Å². The lowest BCUT2D eigenvalue weighted by molar-refractivity contribution is -0.121. The molecule has 1 saturated carbocycles. The third-order valence-corrected chi connectivity index (χ3v) is 6.91. The molecular formula is C26H30N2O3. The third-order valence-electron chi connectivity index (χ3n) is 6.91. The maximum Gasteiger partial charge on any atom is 0.258 e. The Morgan fingerprint density at radius 2 is 1.77 bits per heavy atom. The van der Waals surface area contributed by atoms with E-state index in [1.807, 2.05) is 38.1 Å². The van der Waals surface area contributed by atoms with Crippen molar-refractivity contribution in [1.82, 2.24) is 5.32 Å². The van der Waals surface area contributed by atoms with Crippen molar-refractivity contribution < 1.29 is 14.4 Å². The zero-order valence-electron chi connectivity index (χ0n) is 18.3. The van der Waals surface area contributed by atoms with E-state index in [9.17, 15) is 14.4 Å². The van der Waals surface area contributed by atoms with Crippen LogP contribution in [0.5, 0.6) is 0 Å². The lowest BCUT2D eigenvalue weighted by Crippen LogP contribution is -2.43. The second-order valence-corrected chi connectivity index (χ2v) is 8.90. The van der Waals surface area contributed by atoms with Gasteiger partial charge in [0.15, 0.2) is 0 Å². The molecule has 0 spiro atoms. The zero-order chi connectivity index (χ0) is 22.0. The number of carbonyl (C=O) groups is 3. The molecular weight excluding hydrogens is 388 g/mol. The standard InChI is InChI=1S/C26H30N2O3/c1-17-18(2)28(26(31)20-9-4-3-5-10-20)23-12-11-21(15-22(23)16-24(17)29)25(30)27-14-13-19-7-6-8-19/h3-5,9-12,15,17-19H,6-8,13-14,16H2,1-2H3,(H,27,30). The number of Topliss-reactive ketones (excluding diaryl/α,β-unsaturated/α-hetero) is 1. The number of hydrogen-bond donors (Lipinski definition) is 1. The van der Waals surface area contributed by atoms with E-state index in [0.29, 0.717) is 23.4 Å². The Labute approximate surface area is 183 Å². The average Bonchev–Trinajstić information content (AvgIpc) is 2.84. The summed E-state index contributed by atoms with van der Waals surface area (Å²) in [5, 5.41) is 3.00. The van der Waals surface area contributed by atoms with Crippen LogP contribution in [-0.2, 0) is 11.2 Å². The highest BCUT2D eigenvalue weighted by Crippen LogP contribution is 2.33. The maximum absolute atomic E-state index is 13.4. The Morgan fingerprint density at radius 3 is 2.45 bits per heavy atom. The summed E-state index contributed by atoms with van der Waals surface area (Å²) in [6, 6.07) is 14.2. The molecule has 1 aliphatic heterocycles. The van der Waals surface area contributed by atoms with Gasteiger partial charge in [0.2, 0.25) is 0 Å². The summed E-state index contributed by atoms with van der Waals surface area (Å²) in [6.45, 7) is 4.46. The summed E-state index contributed by atoms with van der Waals surface area (Å²) in [7, 11) is 0. The van der Waals surface area contributed by atoms with E-state index in [4.69, 9.17) is 0 Å². The van der Waals surface area contributed by atoms with E-state index in [0.717, 1.165) is 17.9 Å². The minimum atomic E-state index is -0.292. The van der Waals surface area contributed by atoms with E-state index in [2.05, 4.69) is 5.32 Å². The van der Waals surface area contributed by atoms with Crippen LogP contribution < -0.4 is 10.2 Å². The fraction of sp³-hybridized carbons (Fsp3) is 0.423. The first-order valence-electron chi connectivity index (χ1n) is 11.3. The van der Waals surface area contributed by atoms with E-state index in [1.54, 1.807) is 29.2 Å². The van der Waals surface area contributed by atoms with Gasteiger partial charge >= 0.3 is 0 Å². The molecule has 0 bridgehead atoms. The summed E-state index contributed by atoms with van der Waals surface area (Å²) in [5.41, 5.74) is 2.57. The Kier molecular flexibility index (Phi) is 6.21. The lowest BCUT2D eigenvalue weighted by atomic mass is 9.83. The molecule has 2 aromatic carbocycles. The van der Waals surface area contributed by atoms with Crippen molar-refractivity contribution in [3.63, 3.8) is 0 Å². The summed E-state index contributed by atoms with van der Waals surface area (Å²) < 4.78 is 0. The molecule has 0 aromatic heterocycles. The van der Waals surface area contributed by atoms with Gasteiger partial charge in [0, 0.05) is 41.7 Å². The highest BCUT2D eigenvalue weighted by Gasteiger charge is 2.35. The molecule has 1 heterocycles. The van der Waals surface area contributed by atoms with Crippen LogP contribution >= 0.6 is 0 Å². The molecule has 2 aromatic rings. The van der Waals surface area contributed by atoms with Gasteiger partial charge in [0.05, 0.1) is 0 Å². The van der Waals surface area contributed by atoms with E-state index in [-0.39, 0.29) is 36.0 Å². The van der Waals surface area contributed by atoms with E-state index < -0.39 is 0 Å². The number of fused-ring (bicyclic) bond motifs is 1. The van der Waals surface area contributed by atoms with Crippen LogP contribution in [0.1, 0.15) is 65.8 Å². The summed E-state index contributed by atoms with van der Waals surface area (Å²) in [4.78, 5) is 40.6. The number of rotatable bonds is 5. The van der Waals surface area contributed by atoms with Gasteiger partial charge in [-0.3, -0.25) is 14.4 Å². The van der Waals surface area contributed by atoms with Crippen LogP contribution in [0, 0.1) is 11.8 Å². The predicted octanol–water partition coefficient (Wildman–Crippen LogP) is 4.40. The average molecular weight is 419 g/mol. The Morgan fingerprint density at radius 1 is 1.03 bits per heavy atom. The summed E-state index contributed by atoms with van der Waals surface area (Å²) in [6.07, 6.45) is 5.07. The van der Waals surface area contributed by atoms with E-state index >= 15 is 0 Å². The van der Waals surface area contributed by atoms with Crippen molar-refractivity contribution in [1.29, 1.82) is 0 Å². The van der Waals surface area contributed by atoms with Crippen molar-refractivity contribution in [2.24, 2.45) is 11.8 Å². The van der Waals surface area contributed by atoms with Gasteiger partial charge in [-0.05, 0) is 55.2 Å². The van der Waals surface area contributed by atoms with Gasteiger partial charge in [-0.15, -0.1) is 0 Å². The van der Waals surface area contributed by atoms with Gasteiger partial charge < -0.3 is 10.2 Å². The highest BCUT2D eigenvalue weighted by atomic mass is 16.2. The van der Waals surface area contributed by atoms with Crippen LogP contribution in [0.3, 0.4) is 0 Å². The molecule has 1 N–H and O–H groups in total. The molecule has 162 valence electrons. The molecule has 5 heteroatoms. The molecule has 2 atom stereocenters. The lowest BCUT2D eigenvalue weighted by Gasteiger charge is -2.31. The largest absolute Gasteiger partial charge is 0.352 e. The van der Waals surface area contributed by atoms with Crippen LogP contribution in [0.4, 0.5) is 5.69 Å². The number of nitrogens with one attached hydrogen (secondary N) is 1. The number of hydrogen-bond acceptors (Lipinski definition) is 3. The van der Waals surface area contributed by atoms with E-state index in [1.165, 1.54) is 19.3 Å². The molecule has 2 amide bonds. The van der Waals surface area contributed by atoms with Crippen molar-refractivity contribution >= 4 is 23.3 Å². The van der Waals surface area contributed by atoms with Gasteiger partial charge in [-0.1, -0.05) is 44.4 Å². The molecule has 0 radical (unpaired) electrons. The smallest absolute Gasteiger partial charge is 0.258 e. The van der Waals surface area contributed by atoms with Crippen molar-refractivity contribution in [2.75, 3.05) is 11.4 Å². The highest BCUT2D eigenvalue weighted by molar-refractivity contribution is 6.09. The van der Waals surface area contributed by atoms with Crippen LogP contribution in [0.2, 0.25) is 0 Å². The first kappa shape index (κ1) is 21.3. The molecule has 2 aliphatic rings. The molecule has 1 fully saturated rings. The van der Waals surface area contributed by atoms with Gasteiger partial charge in [0.25, 0.3) is 11.8 Å². The minimum absolute atomic E-state index is 0.0830. The fourth-order valence-corrected chi connectivity index (χ4v) is 4.45. The fourth-order valence-electron chi connectivity index (χ4n) is 4.45. The number of benzene rings is 2. The summed E-state index contributed by atoms with van der Waals surface area (Å²) in [5.74, 6) is 0.277. The number of carbonyl (C=O) groups excluding carboxylic acids is 3. The van der Waals surface area contributed by atoms with Gasteiger partial charge in [-0.2, -0.15) is 0 Å². The first-order chi connectivity index (χ1) is 15.0. The molecule has 0 saturated heterocycles. The molecule has 31 heavy (non-hydrogen) atoms. The Balaban J connectivity index is 1.61. The maximum atomic E-state index is 13.4. The molecule has 2 unspecified atom stereocenters. The monoisotopic (exact) mass is 418 g/mol. The normalized spacial score (nSPS) is 21.1. The molecule has 5 nitrogen and oxygen atoms in total. The van der Waals surface area contributed by atoms with Crippen molar-refractivity contribution in [3.8, 4) is 0 Å². The molecule has 4 rings (SSSR count). The van der Waals surface area contributed by atoms with Crippen molar-refractivity contribution in [2.45, 2.75) is 52.0 Å². The number of nitrogens with zero attached hydrogens (tertiary/aromatic N) is 1. The van der Waals surface area contributed by atoms with Crippen molar-refractivity contribution in [3.05, 3.63) is 65.2 Å². The quantitative estimate of drug-likeness (QED) is 0.782. The van der Waals surface area contributed by atoms with Crippen LogP contribution in [-0.4, -0.2) is 30.2 Å². The second-order valence-electron chi connectivity index (χ2n) is 8.90. The Bertz CT molecular complexity index is 981. The SMILES string of the molecule is CC1C(=O)Cc2cc(C(=O)NCCC3CCC3)ccc2N(C(=O)c2ccccc2)C1C. The number of ketones is 1. The summed E-state index contributed by atoms with van der Waals surface area (Å²) >= 11 is 0. The second kappa shape index (κ2) is 9.04. The zero-order valence-corrected chi connectivity index (χ0v) is 18.3. The minimum Gasteiger partial charge on any atom is -0.352 e. The third kappa shape index (κ3) is 4.41.